The Morgan fingerprint density at radius 3 is 2.39 bits per heavy atom. The molecule has 0 spiro atoms. The zero-order chi connectivity index (χ0) is 22.3. The minimum absolute atomic E-state index is 0.0152. The van der Waals surface area contributed by atoms with Crippen LogP contribution in [0.25, 0.3) is 0 Å². The summed E-state index contributed by atoms with van der Waals surface area (Å²) in [4.78, 5) is 13.1. The van der Waals surface area contributed by atoms with Crippen LogP contribution in [-0.4, -0.2) is 33.5 Å². The van der Waals surface area contributed by atoms with Crippen molar-refractivity contribution >= 4 is 27.5 Å². The lowest BCUT2D eigenvalue weighted by Gasteiger charge is -2.23. The van der Waals surface area contributed by atoms with Gasteiger partial charge in [-0.05, 0) is 43.0 Å². The first-order valence-electron chi connectivity index (χ1n) is 10.6. The maximum atomic E-state index is 13.1. The Hall–Kier alpha value is -2.09. The number of carbonyl (C=O) groups excluding carboxylic acids is 1. The maximum absolute atomic E-state index is 13.1. The van der Waals surface area contributed by atoms with E-state index in [0.717, 1.165) is 31.2 Å². The van der Waals surface area contributed by atoms with Crippen molar-refractivity contribution in [2.45, 2.75) is 61.9 Å². The van der Waals surface area contributed by atoms with Gasteiger partial charge in [0.05, 0.1) is 17.0 Å². The van der Waals surface area contributed by atoms with E-state index in [4.69, 9.17) is 16.3 Å². The molecule has 1 atom stereocenters. The lowest BCUT2D eigenvalue weighted by atomic mass is 10.0. The number of halogens is 1. The minimum Gasteiger partial charge on any atom is -0.495 e. The second kappa shape index (κ2) is 11.0. The molecule has 0 aromatic heterocycles. The van der Waals surface area contributed by atoms with Crippen LogP contribution < -0.4 is 14.8 Å². The van der Waals surface area contributed by atoms with E-state index in [9.17, 15) is 13.2 Å². The Morgan fingerprint density at radius 1 is 1.10 bits per heavy atom. The number of carbonyl (C=O) groups is 1. The topological polar surface area (TPSA) is 84.5 Å². The first-order valence-corrected chi connectivity index (χ1v) is 12.5. The number of amides is 1. The summed E-state index contributed by atoms with van der Waals surface area (Å²) in [6.45, 7) is 0. The number of hydrogen-bond donors (Lipinski definition) is 2. The predicted molar refractivity (Wildman–Crippen MR) is 122 cm³/mol. The largest absolute Gasteiger partial charge is 0.495 e. The summed E-state index contributed by atoms with van der Waals surface area (Å²) in [5.41, 5.74) is 0.874. The molecule has 0 bridgehead atoms. The Morgan fingerprint density at radius 2 is 1.77 bits per heavy atom. The molecule has 31 heavy (non-hydrogen) atoms. The maximum Gasteiger partial charge on any atom is 0.241 e. The van der Waals surface area contributed by atoms with E-state index in [-0.39, 0.29) is 28.3 Å². The Kier molecular flexibility index (Phi) is 8.35. The molecular formula is C23H29ClN2O4S. The summed E-state index contributed by atoms with van der Waals surface area (Å²) in [6.07, 6.45) is 6.59. The number of benzene rings is 2. The van der Waals surface area contributed by atoms with Crippen molar-refractivity contribution in [1.82, 2.24) is 10.0 Å². The van der Waals surface area contributed by atoms with E-state index in [1.807, 2.05) is 30.3 Å². The summed E-state index contributed by atoms with van der Waals surface area (Å²) in [6, 6.07) is 12.8. The Labute approximate surface area is 189 Å². The van der Waals surface area contributed by atoms with Gasteiger partial charge in [0.25, 0.3) is 0 Å². The van der Waals surface area contributed by atoms with Gasteiger partial charge in [-0.3, -0.25) is 4.79 Å². The van der Waals surface area contributed by atoms with Crippen LogP contribution in [0.3, 0.4) is 0 Å². The second-order valence-electron chi connectivity index (χ2n) is 7.86. The third-order valence-electron chi connectivity index (χ3n) is 5.53. The molecule has 0 aliphatic heterocycles. The smallest absolute Gasteiger partial charge is 0.241 e. The van der Waals surface area contributed by atoms with Crippen molar-refractivity contribution in [2.75, 3.05) is 7.11 Å². The molecule has 3 rings (SSSR count). The van der Waals surface area contributed by atoms with Crippen molar-refractivity contribution in [2.24, 2.45) is 0 Å². The van der Waals surface area contributed by atoms with Crippen molar-refractivity contribution < 1.29 is 17.9 Å². The molecule has 1 aliphatic rings. The van der Waals surface area contributed by atoms with Crippen molar-refractivity contribution in [3.63, 3.8) is 0 Å². The zero-order valence-electron chi connectivity index (χ0n) is 17.6. The number of rotatable bonds is 8. The molecule has 2 aromatic rings. The molecule has 8 heteroatoms. The van der Waals surface area contributed by atoms with Crippen LogP contribution in [-0.2, 0) is 21.2 Å². The van der Waals surface area contributed by atoms with Gasteiger partial charge < -0.3 is 10.1 Å². The van der Waals surface area contributed by atoms with E-state index < -0.39 is 16.1 Å². The molecule has 6 nitrogen and oxygen atoms in total. The summed E-state index contributed by atoms with van der Waals surface area (Å²) in [5.74, 6) is 0.0755. The van der Waals surface area contributed by atoms with Crippen LogP contribution in [0.15, 0.2) is 53.4 Å². The fourth-order valence-electron chi connectivity index (χ4n) is 3.83. The minimum atomic E-state index is -3.97. The molecule has 1 amide bonds. The quantitative estimate of drug-likeness (QED) is 0.576. The average molecular weight is 465 g/mol. The van der Waals surface area contributed by atoms with Gasteiger partial charge in [0.2, 0.25) is 15.9 Å². The average Bonchev–Trinajstić information content (AvgIpc) is 3.02. The van der Waals surface area contributed by atoms with Gasteiger partial charge in [0.15, 0.2) is 0 Å². The zero-order valence-corrected chi connectivity index (χ0v) is 19.2. The van der Waals surface area contributed by atoms with Crippen LogP contribution in [0.2, 0.25) is 5.02 Å². The van der Waals surface area contributed by atoms with Gasteiger partial charge in [0.1, 0.15) is 11.8 Å². The lowest BCUT2D eigenvalue weighted by Crippen LogP contribution is -2.50. The Bertz CT molecular complexity index is 974. The highest BCUT2D eigenvalue weighted by Crippen LogP contribution is 2.27. The molecule has 2 aromatic carbocycles. The summed E-state index contributed by atoms with van der Waals surface area (Å²) in [7, 11) is -2.51. The SMILES string of the molecule is COc1ccc(S(=O)(=O)N[C@@H](Cc2ccccc2)C(=O)NC2CCCCCC2)cc1Cl. The predicted octanol–water partition coefficient (Wildman–Crippen LogP) is 4.08. The van der Waals surface area contributed by atoms with Crippen LogP contribution in [0, 0.1) is 0 Å². The molecule has 0 unspecified atom stereocenters. The van der Waals surface area contributed by atoms with E-state index in [0.29, 0.717) is 5.75 Å². The fourth-order valence-corrected chi connectivity index (χ4v) is 5.38. The fraction of sp³-hybridized carbons (Fsp3) is 0.435. The molecule has 1 fully saturated rings. The van der Waals surface area contributed by atoms with Crippen LogP contribution in [0.5, 0.6) is 5.75 Å². The molecule has 1 saturated carbocycles. The molecule has 0 radical (unpaired) electrons. The first kappa shape index (κ1) is 23.6. The number of methoxy groups -OCH3 is 1. The highest BCUT2D eigenvalue weighted by molar-refractivity contribution is 7.89. The van der Waals surface area contributed by atoms with Gasteiger partial charge >= 0.3 is 0 Å². The van der Waals surface area contributed by atoms with Crippen molar-refractivity contribution in [3.8, 4) is 5.75 Å². The third kappa shape index (κ3) is 6.69. The molecule has 2 N–H and O–H groups in total. The molecule has 168 valence electrons. The summed E-state index contributed by atoms with van der Waals surface area (Å²) in [5, 5.41) is 3.26. The summed E-state index contributed by atoms with van der Waals surface area (Å²) >= 11 is 6.11. The van der Waals surface area contributed by atoms with Gasteiger partial charge in [0, 0.05) is 6.04 Å². The van der Waals surface area contributed by atoms with E-state index in [1.165, 1.54) is 38.2 Å². The van der Waals surface area contributed by atoms with Gasteiger partial charge in [-0.25, -0.2) is 8.42 Å². The monoisotopic (exact) mass is 464 g/mol. The van der Waals surface area contributed by atoms with Crippen molar-refractivity contribution in [3.05, 3.63) is 59.1 Å². The van der Waals surface area contributed by atoms with Gasteiger partial charge in [-0.15, -0.1) is 0 Å². The van der Waals surface area contributed by atoms with E-state index in [2.05, 4.69) is 10.0 Å². The van der Waals surface area contributed by atoms with Gasteiger partial charge in [-0.1, -0.05) is 67.6 Å². The lowest BCUT2D eigenvalue weighted by molar-refractivity contribution is -0.123. The first-order chi connectivity index (χ1) is 14.9. The number of ether oxygens (including phenoxy) is 1. The molecule has 1 aliphatic carbocycles. The van der Waals surface area contributed by atoms with Gasteiger partial charge in [-0.2, -0.15) is 4.72 Å². The second-order valence-corrected chi connectivity index (χ2v) is 9.98. The Balaban J connectivity index is 1.81. The number of hydrogen-bond acceptors (Lipinski definition) is 4. The normalized spacial score (nSPS) is 16.3. The number of nitrogens with one attached hydrogen (secondary N) is 2. The standard InChI is InChI=1S/C23H29ClN2O4S/c1-30-22-14-13-19(16-20(22)24)31(28,29)26-21(15-17-9-5-4-6-10-17)23(27)25-18-11-7-2-3-8-12-18/h4-6,9-10,13-14,16,18,21,26H,2-3,7-8,11-12,15H2,1H3,(H,25,27)/t21-/m0/s1. The highest BCUT2D eigenvalue weighted by Gasteiger charge is 2.28. The highest BCUT2D eigenvalue weighted by atomic mass is 35.5. The van der Waals surface area contributed by atoms with Crippen LogP contribution in [0.4, 0.5) is 0 Å². The summed E-state index contributed by atoms with van der Waals surface area (Å²) < 4.78 is 33.8. The van der Waals surface area contributed by atoms with Crippen LogP contribution in [0.1, 0.15) is 44.1 Å². The van der Waals surface area contributed by atoms with Crippen LogP contribution >= 0.6 is 11.6 Å². The van der Waals surface area contributed by atoms with E-state index >= 15 is 0 Å². The van der Waals surface area contributed by atoms with Crippen molar-refractivity contribution in [1.29, 1.82) is 0 Å². The number of sulfonamides is 1. The molecule has 0 heterocycles. The molecule has 0 saturated heterocycles. The molecular weight excluding hydrogens is 436 g/mol. The third-order valence-corrected chi connectivity index (χ3v) is 7.30. The van der Waals surface area contributed by atoms with E-state index in [1.54, 1.807) is 0 Å².